The average Bonchev–Trinajstić information content (AvgIpc) is 2.49. The van der Waals surface area contributed by atoms with Gasteiger partial charge >= 0.3 is 0 Å². The van der Waals surface area contributed by atoms with Crippen LogP contribution in [0.25, 0.3) is 0 Å². The van der Waals surface area contributed by atoms with Crippen LogP contribution in [0.5, 0.6) is 11.5 Å². The van der Waals surface area contributed by atoms with Crippen LogP contribution >= 0.6 is 11.6 Å². The van der Waals surface area contributed by atoms with Gasteiger partial charge in [-0.15, -0.1) is 0 Å². The molecule has 0 bridgehead atoms. The SMILES string of the molecule is CCC1(C)CN(c2cc(Cl)c(OC)cc2OC)C(C)CN1. The van der Waals surface area contributed by atoms with Gasteiger partial charge in [-0.05, 0) is 26.3 Å². The molecule has 5 heteroatoms. The molecule has 0 spiro atoms. The average molecular weight is 313 g/mol. The molecule has 0 radical (unpaired) electrons. The zero-order valence-electron chi connectivity index (χ0n) is 13.5. The van der Waals surface area contributed by atoms with Crippen molar-refractivity contribution >= 4 is 17.3 Å². The highest BCUT2D eigenvalue weighted by Gasteiger charge is 2.34. The van der Waals surface area contributed by atoms with Gasteiger partial charge in [0, 0.05) is 30.7 Å². The van der Waals surface area contributed by atoms with Crippen LogP contribution in [0.15, 0.2) is 12.1 Å². The van der Waals surface area contributed by atoms with Crippen molar-refractivity contribution in [3.8, 4) is 11.5 Å². The Bertz CT molecular complexity index is 509. The van der Waals surface area contributed by atoms with E-state index in [9.17, 15) is 0 Å². The van der Waals surface area contributed by atoms with Crippen molar-refractivity contribution in [1.29, 1.82) is 0 Å². The van der Waals surface area contributed by atoms with E-state index in [1.807, 2.05) is 12.1 Å². The maximum Gasteiger partial charge on any atom is 0.145 e. The Morgan fingerprint density at radius 2 is 2.00 bits per heavy atom. The standard InChI is InChI=1S/C16H25ClN2O2/c1-6-16(3)10-19(11(2)9-18-16)13-7-12(17)14(20-4)8-15(13)21-5/h7-8,11,18H,6,9-10H2,1-5H3. The minimum atomic E-state index is 0.101. The lowest BCUT2D eigenvalue weighted by Gasteiger charge is -2.46. The van der Waals surface area contributed by atoms with E-state index in [2.05, 4.69) is 31.0 Å². The molecule has 1 aromatic carbocycles. The fraction of sp³-hybridized carbons (Fsp3) is 0.625. The van der Waals surface area contributed by atoms with Crippen LogP contribution in [0.1, 0.15) is 27.2 Å². The van der Waals surface area contributed by atoms with Crippen molar-refractivity contribution in [2.75, 3.05) is 32.2 Å². The maximum absolute atomic E-state index is 6.31. The molecule has 1 fully saturated rings. The second-order valence-corrected chi connectivity index (χ2v) is 6.34. The third-order valence-electron chi connectivity index (χ3n) is 4.42. The molecule has 1 saturated heterocycles. The Kier molecular flexibility index (Phi) is 4.89. The molecule has 1 aliphatic rings. The molecule has 0 aliphatic carbocycles. The Hall–Kier alpha value is -1.13. The number of hydrogen-bond acceptors (Lipinski definition) is 4. The van der Waals surface area contributed by atoms with E-state index in [1.54, 1.807) is 14.2 Å². The summed E-state index contributed by atoms with van der Waals surface area (Å²) in [5.74, 6) is 1.43. The molecule has 2 rings (SSSR count). The highest BCUT2D eigenvalue weighted by molar-refractivity contribution is 6.32. The number of piperazine rings is 1. The number of nitrogens with zero attached hydrogens (tertiary/aromatic N) is 1. The Labute approximate surface area is 132 Å². The summed E-state index contributed by atoms with van der Waals surface area (Å²) >= 11 is 6.31. The predicted octanol–water partition coefficient (Wildman–Crippen LogP) is 3.32. The maximum atomic E-state index is 6.31. The van der Waals surface area contributed by atoms with Gasteiger partial charge in [0.1, 0.15) is 11.5 Å². The Morgan fingerprint density at radius 3 is 2.57 bits per heavy atom. The lowest BCUT2D eigenvalue weighted by atomic mass is 9.93. The predicted molar refractivity (Wildman–Crippen MR) is 88.1 cm³/mol. The lowest BCUT2D eigenvalue weighted by Crippen LogP contribution is -2.62. The van der Waals surface area contributed by atoms with Gasteiger partial charge in [0.2, 0.25) is 0 Å². The van der Waals surface area contributed by atoms with Crippen LogP contribution in [0.4, 0.5) is 5.69 Å². The van der Waals surface area contributed by atoms with E-state index in [0.29, 0.717) is 16.8 Å². The fourth-order valence-corrected chi connectivity index (χ4v) is 2.96. The fourth-order valence-electron chi connectivity index (χ4n) is 2.72. The number of halogens is 1. The topological polar surface area (TPSA) is 33.7 Å². The first kappa shape index (κ1) is 16.2. The zero-order valence-corrected chi connectivity index (χ0v) is 14.3. The summed E-state index contributed by atoms with van der Waals surface area (Å²) in [5, 5.41) is 4.24. The van der Waals surface area contributed by atoms with Crippen molar-refractivity contribution < 1.29 is 9.47 Å². The van der Waals surface area contributed by atoms with Gasteiger partial charge in [0.05, 0.1) is 24.9 Å². The summed E-state index contributed by atoms with van der Waals surface area (Å²) in [6.07, 6.45) is 1.07. The van der Waals surface area contributed by atoms with Crippen LogP contribution in [-0.4, -0.2) is 38.9 Å². The molecule has 1 N–H and O–H groups in total. The number of ether oxygens (including phenoxy) is 2. The summed E-state index contributed by atoms with van der Waals surface area (Å²) < 4.78 is 10.8. The summed E-state index contributed by atoms with van der Waals surface area (Å²) in [6.45, 7) is 8.53. The zero-order chi connectivity index (χ0) is 15.6. The second kappa shape index (κ2) is 6.32. The first-order valence-corrected chi connectivity index (χ1v) is 7.75. The lowest BCUT2D eigenvalue weighted by molar-refractivity contribution is 0.283. The minimum Gasteiger partial charge on any atom is -0.495 e. The van der Waals surface area contributed by atoms with Gasteiger partial charge < -0.3 is 19.7 Å². The van der Waals surface area contributed by atoms with Crippen LogP contribution in [-0.2, 0) is 0 Å². The van der Waals surface area contributed by atoms with Gasteiger partial charge in [-0.3, -0.25) is 0 Å². The van der Waals surface area contributed by atoms with E-state index < -0.39 is 0 Å². The number of hydrogen-bond donors (Lipinski definition) is 1. The number of methoxy groups -OCH3 is 2. The second-order valence-electron chi connectivity index (χ2n) is 5.93. The molecule has 0 saturated carbocycles. The third kappa shape index (κ3) is 3.22. The first-order chi connectivity index (χ1) is 9.94. The molecule has 21 heavy (non-hydrogen) atoms. The van der Waals surface area contributed by atoms with Gasteiger partial charge in [0.25, 0.3) is 0 Å². The van der Waals surface area contributed by atoms with E-state index >= 15 is 0 Å². The van der Waals surface area contributed by atoms with Crippen molar-refractivity contribution in [3.05, 3.63) is 17.2 Å². The van der Waals surface area contributed by atoms with E-state index in [1.165, 1.54) is 0 Å². The summed E-state index contributed by atoms with van der Waals surface area (Å²) in [6, 6.07) is 4.18. The van der Waals surface area contributed by atoms with Crippen LogP contribution in [0, 0.1) is 0 Å². The van der Waals surface area contributed by atoms with Crippen LogP contribution in [0.3, 0.4) is 0 Å². The number of benzene rings is 1. The van der Waals surface area contributed by atoms with Crippen molar-refractivity contribution in [1.82, 2.24) is 5.32 Å². The van der Waals surface area contributed by atoms with E-state index in [4.69, 9.17) is 21.1 Å². The monoisotopic (exact) mass is 312 g/mol. The van der Waals surface area contributed by atoms with E-state index in [-0.39, 0.29) is 5.54 Å². The molecule has 2 unspecified atom stereocenters. The van der Waals surface area contributed by atoms with E-state index in [0.717, 1.165) is 30.9 Å². The summed E-state index contributed by atoms with van der Waals surface area (Å²) in [5.41, 5.74) is 1.13. The molecule has 0 amide bonds. The van der Waals surface area contributed by atoms with Gasteiger partial charge in [0.15, 0.2) is 0 Å². The smallest absolute Gasteiger partial charge is 0.145 e. The highest BCUT2D eigenvalue weighted by Crippen LogP contribution is 2.40. The molecule has 118 valence electrons. The third-order valence-corrected chi connectivity index (χ3v) is 4.71. The molecule has 1 heterocycles. The minimum absolute atomic E-state index is 0.101. The number of rotatable bonds is 4. The molecule has 1 aliphatic heterocycles. The van der Waals surface area contributed by atoms with Crippen molar-refractivity contribution in [2.45, 2.75) is 38.8 Å². The molecule has 0 aromatic heterocycles. The van der Waals surface area contributed by atoms with Crippen LogP contribution < -0.4 is 19.7 Å². The normalized spacial score (nSPS) is 25.8. The molecule has 4 nitrogen and oxygen atoms in total. The molecule has 2 atom stereocenters. The van der Waals surface area contributed by atoms with Crippen molar-refractivity contribution in [3.63, 3.8) is 0 Å². The molecular weight excluding hydrogens is 288 g/mol. The quantitative estimate of drug-likeness (QED) is 0.924. The van der Waals surface area contributed by atoms with Gasteiger partial charge in [-0.1, -0.05) is 18.5 Å². The highest BCUT2D eigenvalue weighted by atomic mass is 35.5. The number of nitrogens with one attached hydrogen (secondary N) is 1. The first-order valence-electron chi connectivity index (χ1n) is 7.37. The molecule has 1 aromatic rings. The Morgan fingerprint density at radius 1 is 1.33 bits per heavy atom. The van der Waals surface area contributed by atoms with Crippen LogP contribution in [0.2, 0.25) is 5.02 Å². The van der Waals surface area contributed by atoms with Crippen molar-refractivity contribution in [2.24, 2.45) is 0 Å². The van der Waals surface area contributed by atoms with Gasteiger partial charge in [-0.2, -0.15) is 0 Å². The summed E-state index contributed by atoms with van der Waals surface area (Å²) in [7, 11) is 3.29. The summed E-state index contributed by atoms with van der Waals surface area (Å²) in [4.78, 5) is 2.37. The molecular formula is C16H25ClN2O2. The largest absolute Gasteiger partial charge is 0.495 e. The Balaban J connectivity index is 2.41. The number of anilines is 1. The van der Waals surface area contributed by atoms with Gasteiger partial charge in [-0.25, -0.2) is 0 Å².